The summed E-state index contributed by atoms with van der Waals surface area (Å²) in [5.41, 5.74) is 1.03. The van der Waals surface area contributed by atoms with Gasteiger partial charge < -0.3 is 16.0 Å². The van der Waals surface area contributed by atoms with E-state index in [9.17, 15) is 13.2 Å². The van der Waals surface area contributed by atoms with Gasteiger partial charge in [-0.2, -0.15) is 0 Å². The van der Waals surface area contributed by atoms with Crippen molar-refractivity contribution in [1.82, 2.24) is 15.6 Å². The number of aliphatic imine (C=N–C) groups is 1. The van der Waals surface area contributed by atoms with E-state index in [1.165, 1.54) is 6.26 Å². The lowest BCUT2D eigenvalue weighted by Gasteiger charge is -2.17. The maximum Gasteiger partial charge on any atom is 0.227 e. The topological polar surface area (TPSA) is 113 Å². The highest BCUT2D eigenvalue weighted by Gasteiger charge is 2.10. The highest BCUT2D eigenvalue weighted by Crippen LogP contribution is 2.04. The molecule has 3 N–H and O–H groups in total. The molecule has 0 saturated heterocycles. The van der Waals surface area contributed by atoms with Gasteiger partial charge >= 0.3 is 0 Å². The van der Waals surface area contributed by atoms with Crippen molar-refractivity contribution >= 4 is 51.5 Å². The first-order chi connectivity index (χ1) is 12.2. The number of hydrogen-bond donors (Lipinski definition) is 3. The van der Waals surface area contributed by atoms with Crippen molar-refractivity contribution in [3.63, 3.8) is 0 Å². The largest absolute Gasteiger partial charge is 0.357 e. The number of aromatic nitrogens is 1. The Morgan fingerprint density at radius 3 is 2.59 bits per heavy atom. The minimum absolute atomic E-state index is 0. The maximum atomic E-state index is 11.9. The minimum atomic E-state index is -2.99. The Bertz CT molecular complexity index is 708. The van der Waals surface area contributed by atoms with Crippen LogP contribution in [0.5, 0.6) is 0 Å². The van der Waals surface area contributed by atoms with Crippen molar-refractivity contribution < 1.29 is 13.2 Å². The number of carbonyl (C=O) groups is 1. The summed E-state index contributed by atoms with van der Waals surface area (Å²) >= 11 is 0. The van der Waals surface area contributed by atoms with Crippen molar-refractivity contribution in [2.24, 2.45) is 4.99 Å². The number of nitrogens with one attached hydrogen (secondary N) is 3. The molecule has 0 spiro atoms. The summed E-state index contributed by atoms with van der Waals surface area (Å²) in [6, 6.07) is 3.59. The van der Waals surface area contributed by atoms with Crippen LogP contribution in [0.2, 0.25) is 0 Å². The number of rotatable bonds is 9. The Morgan fingerprint density at radius 2 is 2.04 bits per heavy atom. The van der Waals surface area contributed by atoms with Gasteiger partial charge in [-0.3, -0.25) is 9.79 Å². The number of anilines is 1. The van der Waals surface area contributed by atoms with E-state index in [0.717, 1.165) is 5.56 Å². The molecule has 1 aromatic rings. The number of carbonyl (C=O) groups excluding carboxylic acids is 1. The van der Waals surface area contributed by atoms with Gasteiger partial charge in [-0.15, -0.1) is 24.0 Å². The summed E-state index contributed by atoms with van der Waals surface area (Å²) in [6.07, 6.45) is 3.63. The van der Waals surface area contributed by atoms with E-state index in [2.05, 4.69) is 25.9 Å². The molecule has 1 rings (SSSR count). The number of halogens is 1. The summed E-state index contributed by atoms with van der Waals surface area (Å²) in [7, 11) is -2.99. The summed E-state index contributed by atoms with van der Waals surface area (Å²) in [5, 5.41) is 8.96. The van der Waals surface area contributed by atoms with Crippen molar-refractivity contribution in [2.45, 2.75) is 39.7 Å². The third kappa shape index (κ3) is 12.6. The normalized spacial score (nSPS) is 12.7. The summed E-state index contributed by atoms with van der Waals surface area (Å²) in [5.74, 6) is 1.04. The van der Waals surface area contributed by atoms with E-state index in [1.54, 1.807) is 12.3 Å². The molecule has 154 valence electrons. The highest BCUT2D eigenvalue weighted by atomic mass is 127. The predicted molar refractivity (Wildman–Crippen MR) is 121 cm³/mol. The third-order valence-corrected chi connectivity index (χ3v) is 4.41. The number of hydrogen-bond acceptors (Lipinski definition) is 5. The van der Waals surface area contributed by atoms with E-state index in [1.807, 2.05) is 26.8 Å². The van der Waals surface area contributed by atoms with Crippen LogP contribution in [0, 0.1) is 6.92 Å². The zero-order chi connectivity index (χ0) is 19.6. The molecule has 0 saturated carbocycles. The molecular weight excluding hydrogens is 481 g/mol. The monoisotopic (exact) mass is 511 g/mol. The number of sulfone groups is 1. The van der Waals surface area contributed by atoms with E-state index in [0.29, 0.717) is 31.3 Å². The molecule has 0 bridgehead atoms. The third-order valence-electron chi connectivity index (χ3n) is 3.44. The second-order valence-corrected chi connectivity index (χ2v) is 8.50. The fourth-order valence-corrected chi connectivity index (χ4v) is 2.81. The fourth-order valence-electron chi connectivity index (χ4n) is 2.03. The van der Waals surface area contributed by atoms with Gasteiger partial charge in [0.2, 0.25) is 5.91 Å². The summed E-state index contributed by atoms with van der Waals surface area (Å²) in [4.78, 5) is 20.4. The van der Waals surface area contributed by atoms with Gasteiger partial charge in [0.05, 0.1) is 12.3 Å². The maximum absolute atomic E-state index is 11.9. The van der Waals surface area contributed by atoms with Gasteiger partial charge in [0, 0.05) is 31.5 Å². The molecule has 1 atom stereocenters. The summed E-state index contributed by atoms with van der Waals surface area (Å²) < 4.78 is 22.5. The number of aryl methyl sites for hydroxylation is 1. The number of pyridine rings is 1. The van der Waals surface area contributed by atoms with E-state index in [4.69, 9.17) is 0 Å². The molecule has 1 amide bonds. The quantitative estimate of drug-likeness (QED) is 0.265. The molecule has 1 aromatic heterocycles. The van der Waals surface area contributed by atoms with Crippen LogP contribution >= 0.6 is 24.0 Å². The van der Waals surface area contributed by atoms with Gasteiger partial charge in [-0.25, -0.2) is 13.4 Å². The minimum Gasteiger partial charge on any atom is -0.357 e. The second kappa shape index (κ2) is 12.9. The predicted octanol–water partition coefficient (Wildman–Crippen LogP) is 1.71. The Labute approximate surface area is 179 Å². The lowest BCUT2D eigenvalue weighted by Crippen LogP contribution is -2.43. The van der Waals surface area contributed by atoms with Gasteiger partial charge in [0.15, 0.2) is 5.96 Å². The lowest BCUT2D eigenvalue weighted by atomic mass is 10.3. The van der Waals surface area contributed by atoms with Crippen molar-refractivity contribution in [2.75, 3.05) is 30.4 Å². The second-order valence-electron chi connectivity index (χ2n) is 6.24. The molecule has 0 aliphatic heterocycles. The Morgan fingerprint density at radius 1 is 1.33 bits per heavy atom. The zero-order valence-electron chi connectivity index (χ0n) is 16.3. The molecule has 8 nitrogen and oxygen atoms in total. The van der Waals surface area contributed by atoms with E-state index in [-0.39, 0.29) is 48.1 Å². The van der Waals surface area contributed by atoms with Crippen LogP contribution in [-0.4, -0.2) is 56.4 Å². The first-order valence-electron chi connectivity index (χ1n) is 8.64. The van der Waals surface area contributed by atoms with Crippen LogP contribution in [0.15, 0.2) is 23.3 Å². The molecule has 0 aromatic carbocycles. The molecule has 0 radical (unpaired) electrons. The molecule has 1 heterocycles. The van der Waals surface area contributed by atoms with E-state index < -0.39 is 9.84 Å². The smallest absolute Gasteiger partial charge is 0.227 e. The average molecular weight is 511 g/mol. The van der Waals surface area contributed by atoms with Gasteiger partial charge in [0.1, 0.15) is 15.7 Å². The van der Waals surface area contributed by atoms with Crippen LogP contribution < -0.4 is 16.0 Å². The standard InChI is InChI=1S/C17H29N5O3S.HI/c1-5-18-17(21-14(3)9-11-26(4,24)25)19-10-8-16(23)22-15-7-6-13(2)12-20-15;/h6-7,12,14H,5,8-11H2,1-4H3,(H2,18,19,21)(H,20,22,23);1H. The zero-order valence-corrected chi connectivity index (χ0v) is 19.4. The Kier molecular flexibility index (Phi) is 12.2. The average Bonchev–Trinajstić information content (AvgIpc) is 2.54. The van der Waals surface area contributed by atoms with Crippen molar-refractivity contribution in [3.8, 4) is 0 Å². The number of amides is 1. The molecule has 27 heavy (non-hydrogen) atoms. The fraction of sp³-hybridized carbons (Fsp3) is 0.588. The van der Waals surface area contributed by atoms with Gasteiger partial charge in [-0.1, -0.05) is 6.07 Å². The highest BCUT2D eigenvalue weighted by molar-refractivity contribution is 14.0. The SMILES string of the molecule is CCNC(=NCCC(=O)Nc1ccc(C)cn1)NC(C)CCS(C)(=O)=O.I. The Hall–Kier alpha value is -1.43. The molecule has 0 aliphatic rings. The van der Waals surface area contributed by atoms with Crippen LogP contribution in [0.1, 0.15) is 32.3 Å². The van der Waals surface area contributed by atoms with Crippen molar-refractivity contribution in [3.05, 3.63) is 23.9 Å². The first kappa shape index (κ1) is 25.6. The Balaban J connectivity index is 0.00000676. The number of nitrogens with zero attached hydrogens (tertiary/aromatic N) is 2. The van der Waals surface area contributed by atoms with Gasteiger partial charge in [0.25, 0.3) is 0 Å². The van der Waals surface area contributed by atoms with Crippen LogP contribution in [0.25, 0.3) is 0 Å². The number of guanidine groups is 1. The van der Waals surface area contributed by atoms with Crippen molar-refractivity contribution in [1.29, 1.82) is 0 Å². The molecule has 0 aliphatic carbocycles. The molecule has 0 fully saturated rings. The van der Waals surface area contributed by atoms with Gasteiger partial charge in [-0.05, 0) is 38.8 Å². The molecule has 1 unspecified atom stereocenters. The van der Waals surface area contributed by atoms with Crippen LogP contribution in [-0.2, 0) is 14.6 Å². The first-order valence-corrected chi connectivity index (χ1v) is 10.7. The van der Waals surface area contributed by atoms with Crippen LogP contribution in [0.3, 0.4) is 0 Å². The lowest BCUT2D eigenvalue weighted by molar-refractivity contribution is -0.116. The molecule has 10 heteroatoms. The molecular formula is C17H30IN5O3S. The summed E-state index contributed by atoms with van der Waals surface area (Å²) in [6.45, 7) is 6.75. The van der Waals surface area contributed by atoms with E-state index >= 15 is 0 Å². The van der Waals surface area contributed by atoms with Crippen LogP contribution in [0.4, 0.5) is 5.82 Å².